The number of hydrogen-bond donors (Lipinski definition) is 2. The molecule has 4 rings (SSSR count). The van der Waals surface area contributed by atoms with Crippen molar-refractivity contribution in [3.05, 3.63) is 65.0 Å². The molecule has 2 heterocycles. The van der Waals surface area contributed by atoms with Gasteiger partial charge in [-0.3, -0.25) is 4.79 Å². The third kappa shape index (κ3) is 4.29. The lowest BCUT2D eigenvalue weighted by atomic mass is 10.1. The van der Waals surface area contributed by atoms with Crippen LogP contribution in [-0.4, -0.2) is 29.1 Å². The SMILES string of the molecule is Cc1ccc(C)c(NC(=O)c2cc(C)nc(Nc3ccc4c(c3)OCCO4)n2)c1. The number of carbonyl (C=O) groups is 1. The molecule has 3 aromatic rings. The van der Waals surface area contributed by atoms with Gasteiger partial charge in [0.15, 0.2) is 11.5 Å². The van der Waals surface area contributed by atoms with Gasteiger partial charge in [0.1, 0.15) is 18.9 Å². The first-order valence-corrected chi connectivity index (χ1v) is 9.39. The lowest BCUT2D eigenvalue weighted by Gasteiger charge is -2.19. The second-order valence-corrected chi connectivity index (χ2v) is 6.97. The van der Waals surface area contributed by atoms with Crippen molar-refractivity contribution in [2.24, 2.45) is 0 Å². The van der Waals surface area contributed by atoms with Crippen molar-refractivity contribution in [2.75, 3.05) is 23.8 Å². The van der Waals surface area contributed by atoms with Crippen molar-refractivity contribution in [3.8, 4) is 11.5 Å². The predicted octanol–water partition coefficient (Wildman–Crippen LogP) is 4.17. The molecule has 148 valence electrons. The zero-order valence-corrected chi connectivity index (χ0v) is 16.6. The first-order chi connectivity index (χ1) is 14.0. The van der Waals surface area contributed by atoms with E-state index in [1.165, 1.54) is 0 Å². The number of nitrogens with zero attached hydrogens (tertiary/aromatic N) is 2. The molecule has 0 saturated heterocycles. The van der Waals surface area contributed by atoms with Gasteiger partial charge in [-0.05, 0) is 56.2 Å². The van der Waals surface area contributed by atoms with Crippen LogP contribution in [0, 0.1) is 20.8 Å². The zero-order valence-electron chi connectivity index (χ0n) is 16.6. The highest BCUT2D eigenvalue weighted by Crippen LogP contribution is 2.33. The molecular weight excluding hydrogens is 368 g/mol. The van der Waals surface area contributed by atoms with Gasteiger partial charge in [-0.15, -0.1) is 0 Å². The Morgan fingerprint density at radius 1 is 0.931 bits per heavy atom. The minimum Gasteiger partial charge on any atom is -0.486 e. The Bertz CT molecular complexity index is 1080. The van der Waals surface area contributed by atoms with E-state index in [1.807, 2.05) is 57.2 Å². The van der Waals surface area contributed by atoms with Crippen molar-refractivity contribution in [3.63, 3.8) is 0 Å². The molecule has 7 heteroatoms. The fourth-order valence-electron chi connectivity index (χ4n) is 3.05. The summed E-state index contributed by atoms with van der Waals surface area (Å²) in [5.74, 6) is 1.43. The summed E-state index contributed by atoms with van der Waals surface area (Å²) in [4.78, 5) is 21.5. The Morgan fingerprint density at radius 2 is 1.72 bits per heavy atom. The molecule has 1 aliphatic heterocycles. The number of amides is 1. The summed E-state index contributed by atoms with van der Waals surface area (Å²) in [6.45, 7) is 6.82. The lowest BCUT2D eigenvalue weighted by Crippen LogP contribution is -2.16. The van der Waals surface area contributed by atoms with E-state index in [0.29, 0.717) is 42.0 Å². The highest BCUT2D eigenvalue weighted by molar-refractivity contribution is 6.03. The number of ether oxygens (including phenoxy) is 2. The number of fused-ring (bicyclic) bond motifs is 1. The fraction of sp³-hybridized carbons (Fsp3) is 0.227. The number of benzene rings is 2. The van der Waals surface area contributed by atoms with Crippen LogP contribution in [0.3, 0.4) is 0 Å². The minimum absolute atomic E-state index is 0.283. The van der Waals surface area contributed by atoms with Crippen molar-refractivity contribution in [2.45, 2.75) is 20.8 Å². The molecule has 2 aromatic carbocycles. The van der Waals surface area contributed by atoms with Crippen LogP contribution in [0.2, 0.25) is 0 Å². The molecule has 29 heavy (non-hydrogen) atoms. The second kappa shape index (κ2) is 7.79. The average molecular weight is 390 g/mol. The third-order valence-electron chi connectivity index (χ3n) is 4.53. The first-order valence-electron chi connectivity index (χ1n) is 9.39. The number of aromatic nitrogens is 2. The van der Waals surface area contributed by atoms with Gasteiger partial charge in [0.2, 0.25) is 5.95 Å². The number of nitrogens with one attached hydrogen (secondary N) is 2. The Hall–Kier alpha value is -3.61. The molecule has 0 radical (unpaired) electrons. The van der Waals surface area contributed by atoms with Crippen LogP contribution in [0.15, 0.2) is 42.5 Å². The molecule has 0 atom stereocenters. The Labute approximate surface area is 169 Å². The minimum atomic E-state index is -0.283. The van der Waals surface area contributed by atoms with Gasteiger partial charge in [0.05, 0.1) is 0 Å². The van der Waals surface area contributed by atoms with Gasteiger partial charge in [-0.1, -0.05) is 12.1 Å². The van der Waals surface area contributed by atoms with Gasteiger partial charge in [0, 0.05) is 23.1 Å². The summed E-state index contributed by atoms with van der Waals surface area (Å²) in [5.41, 5.74) is 4.56. The summed E-state index contributed by atoms with van der Waals surface area (Å²) < 4.78 is 11.1. The van der Waals surface area contributed by atoms with E-state index in [-0.39, 0.29) is 5.91 Å². The molecule has 0 bridgehead atoms. The van der Waals surface area contributed by atoms with Gasteiger partial charge < -0.3 is 20.1 Å². The smallest absolute Gasteiger partial charge is 0.274 e. The highest BCUT2D eigenvalue weighted by atomic mass is 16.6. The van der Waals surface area contributed by atoms with E-state index >= 15 is 0 Å². The second-order valence-electron chi connectivity index (χ2n) is 6.97. The van der Waals surface area contributed by atoms with Crippen molar-refractivity contribution < 1.29 is 14.3 Å². The van der Waals surface area contributed by atoms with Gasteiger partial charge in [-0.25, -0.2) is 9.97 Å². The quantitative estimate of drug-likeness (QED) is 0.695. The standard InChI is InChI=1S/C22H22N4O3/c1-13-4-5-14(2)17(10-13)25-21(27)18-11-15(3)23-22(26-18)24-16-6-7-19-20(12-16)29-9-8-28-19/h4-7,10-12H,8-9H2,1-3H3,(H,25,27)(H,23,24,26). The number of carbonyl (C=O) groups excluding carboxylic acids is 1. The molecule has 0 saturated carbocycles. The maximum absolute atomic E-state index is 12.8. The average Bonchev–Trinajstić information content (AvgIpc) is 2.70. The molecule has 7 nitrogen and oxygen atoms in total. The van der Waals surface area contributed by atoms with Crippen LogP contribution in [-0.2, 0) is 0 Å². The van der Waals surface area contributed by atoms with Gasteiger partial charge in [0.25, 0.3) is 5.91 Å². The molecule has 0 aliphatic carbocycles. The van der Waals surface area contributed by atoms with Crippen molar-refractivity contribution in [1.82, 2.24) is 9.97 Å². The van der Waals surface area contributed by atoms with Crippen molar-refractivity contribution in [1.29, 1.82) is 0 Å². The Morgan fingerprint density at radius 3 is 2.55 bits per heavy atom. The monoisotopic (exact) mass is 390 g/mol. The topological polar surface area (TPSA) is 85.4 Å². The molecule has 1 aliphatic rings. The summed E-state index contributed by atoms with van der Waals surface area (Å²) in [6.07, 6.45) is 0. The summed E-state index contributed by atoms with van der Waals surface area (Å²) >= 11 is 0. The third-order valence-corrected chi connectivity index (χ3v) is 4.53. The lowest BCUT2D eigenvalue weighted by molar-refractivity contribution is 0.102. The molecule has 0 fully saturated rings. The van der Waals surface area contributed by atoms with Gasteiger partial charge >= 0.3 is 0 Å². The van der Waals surface area contributed by atoms with E-state index in [1.54, 1.807) is 6.07 Å². The maximum atomic E-state index is 12.8. The Balaban J connectivity index is 1.56. The molecule has 0 spiro atoms. The largest absolute Gasteiger partial charge is 0.486 e. The molecule has 1 amide bonds. The molecule has 1 aromatic heterocycles. The van der Waals surface area contributed by atoms with E-state index in [2.05, 4.69) is 20.6 Å². The summed E-state index contributed by atoms with van der Waals surface area (Å²) in [6, 6.07) is 13.1. The van der Waals surface area contributed by atoms with E-state index < -0.39 is 0 Å². The maximum Gasteiger partial charge on any atom is 0.274 e. The van der Waals surface area contributed by atoms with Crippen LogP contribution < -0.4 is 20.1 Å². The fourth-order valence-corrected chi connectivity index (χ4v) is 3.05. The number of anilines is 3. The van der Waals surface area contributed by atoms with Gasteiger partial charge in [-0.2, -0.15) is 0 Å². The zero-order chi connectivity index (χ0) is 20.4. The normalized spacial score (nSPS) is 12.4. The highest BCUT2D eigenvalue weighted by Gasteiger charge is 2.15. The van der Waals surface area contributed by atoms with Crippen LogP contribution in [0.4, 0.5) is 17.3 Å². The van der Waals surface area contributed by atoms with Crippen LogP contribution in [0.5, 0.6) is 11.5 Å². The number of rotatable bonds is 4. The van der Waals surface area contributed by atoms with Crippen LogP contribution >= 0.6 is 0 Å². The van der Waals surface area contributed by atoms with Crippen LogP contribution in [0.25, 0.3) is 0 Å². The van der Waals surface area contributed by atoms with Crippen LogP contribution in [0.1, 0.15) is 27.3 Å². The summed E-state index contributed by atoms with van der Waals surface area (Å²) in [5, 5.41) is 6.07. The first kappa shape index (κ1) is 18.7. The molecular formula is C22H22N4O3. The van der Waals surface area contributed by atoms with E-state index in [9.17, 15) is 4.79 Å². The predicted molar refractivity (Wildman–Crippen MR) is 111 cm³/mol. The molecule has 0 unspecified atom stereocenters. The number of aryl methyl sites for hydroxylation is 3. The van der Waals surface area contributed by atoms with Crippen molar-refractivity contribution >= 4 is 23.2 Å². The molecule has 2 N–H and O–H groups in total. The van der Waals surface area contributed by atoms with E-state index in [4.69, 9.17) is 9.47 Å². The number of hydrogen-bond acceptors (Lipinski definition) is 6. The summed E-state index contributed by atoms with van der Waals surface area (Å²) in [7, 11) is 0. The Kier molecular flexibility index (Phi) is 5.03. The van der Waals surface area contributed by atoms with E-state index in [0.717, 1.165) is 22.5 Å².